The lowest BCUT2D eigenvalue weighted by Gasteiger charge is -2.10. The molecule has 0 bridgehead atoms. The number of rotatable bonds is 6. The molecule has 1 atom stereocenters. The highest BCUT2D eigenvalue weighted by Gasteiger charge is 2.27. The molecular formula is C8H16F3NS. The van der Waals surface area contributed by atoms with Crippen molar-refractivity contribution >= 4 is 11.8 Å². The van der Waals surface area contributed by atoms with Crippen LogP contribution in [-0.4, -0.2) is 24.9 Å². The Hall–Kier alpha value is 0.100. The van der Waals surface area contributed by atoms with Crippen LogP contribution in [0.5, 0.6) is 0 Å². The van der Waals surface area contributed by atoms with Crippen molar-refractivity contribution in [1.29, 1.82) is 0 Å². The molecule has 13 heavy (non-hydrogen) atoms. The molecule has 1 N–H and O–H groups in total. The van der Waals surface area contributed by atoms with E-state index in [-0.39, 0.29) is 17.5 Å². The number of hydrogen-bond acceptors (Lipinski definition) is 2. The number of nitrogens with one attached hydrogen (secondary N) is 1. The first-order valence-corrected chi connectivity index (χ1v) is 5.29. The molecule has 0 rings (SSSR count). The third kappa shape index (κ3) is 10.0. The standard InChI is InChI=1S/C8H16F3NS/c1-7(6-12-2)4-3-5-13-8(9,10)11/h7,12H,3-6H2,1-2H3. The number of halogens is 3. The zero-order valence-electron chi connectivity index (χ0n) is 7.95. The van der Waals surface area contributed by atoms with Crippen LogP contribution in [0.3, 0.4) is 0 Å². The van der Waals surface area contributed by atoms with Crippen LogP contribution in [-0.2, 0) is 0 Å². The second-order valence-electron chi connectivity index (χ2n) is 3.10. The van der Waals surface area contributed by atoms with Crippen molar-refractivity contribution in [2.24, 2.45) is 5.92 Å². The number of thioether (sulfide) groups is 1. The Morgan fingerprint density at radius 3 is 2.46 bits per heavy atom. The van der Waals surface area contributed by atoms with Gasteiger partial charge in [-0.2, -0.15) is 13.2 Å². The van der Waals surface area contributed by atoms with Crippen LogP contribution in [0.1, 0.15) is 19.8 Å². The average Bonchev–Trinajstić information content (AvgIpc) is 1.97. The molecule has 0 aliphatic carbocycles. The fourth-order valence-electron chi connectivity index (χ4n) is 1.07. The lowest BCUT2D eigenvalue weighted by atomic mass is 10.1. The first-order chi connectivity index (χ1) is 5.95. The van der Waals surface area contributed by atoms with Gasteiger partial charge in [0.25, 0.3) is 0 Å². The van der Waals surface area contributed by atoms with Crippen molar-refractivity contribution < 1.29 is 13.2 Å². The third-order valence-corrected chi connectivity index (χ3v) is 2.48. The third-order valence-electron chi connectivity index (χ3n) is 1.66. The molecule has 0 heterocycles. The summed E-state index contributed by atoms with van der Waals surface area (Å²) in [5, 5.41) is 3.00. The predicted molar refractivity (Wildman–Crippen MR) is 50.8 cm³/mol. The molecule has 0 radical (unpaired) electrons. The zero-order valence-corrected chi connectivity index (χ0v) is 8.76. The van der Waals surface area contributed by atoms with Gasteiger partial charge in [0.2, 0.25) is 0 Å². The summed E-state index contributed by atoms with van der Waals surface area (Å²) in [6, 6.07) is 0. The van der Waals surface area contributed by atoms with Crippen LogP contribution >= 0.6 is 11.8 Å². The van der Waals surface area contributed by atoms with Gasteiger partial charge >= 0.3 is 5.51 Å². The topological polar surface area (TPSA) is 12.0 Å². The molecule has 0 saturated carbocycles. The highest BCUT2D eigenvalue weighted by atomic mass is 32.2. The molecule has 0 aliphatic rings. The van der Waals surface area contributed by atoms with Crippen molar-refractivity contribution in [1.82, 2.24) is 5.32 Å². The summed E-state index contributed by atoms with van der Waals surface area (Å²) in [7, 11) is 1.85. The van der Waals surface area contributed by atoms with E-state index in [0.717, 1.165) is 13.0 Å². The van der Waals surface area contributed by atoms with Crippen LogP contribution < -0.4 is 5.32 Å². The quantitative estimate of drug-likeness (QED) is 0.684. The minimum atomic E-state index is -4.06. The fourth-order valence-corrected chi connectivity index (χ4v) is 1.61. The second kappa shape index (κ2) is 6.54. The van der Waals surface area contributed by atoms with E-state index in [4.69, 9.17) is 0 Å². The normalized spacial score (nSPS) is 14.5. The number of alkyl halides is 3. The Morgan fingerprint density at radius 2 is 2.00 bits per heavy atom. The molecule has 0 aromatic carbocycles. The predicted octanol–water partition coefficient (Wildman–Crippen LogP) is 2.88. The summed E-state index contributed by atoms with van der Waals surface area (Å²) in [6.07, 6.45) is 1.48. The van der Waals surface area contributed by atoms with Gasteiger partial charge in [-0.05, 0) is 32.4 Å². The van der Waals surface area contributed by atoms with Crippen LogP contribution in [0.15, 0.2) is 0 Å². The monoisotopic (exact) mass is 215 g/mol. The van der Waals surface area contributed by atoms with Gasteiger partial charge < -0.3 is 5.32 Å². The maximum Gasteiger partial charge on any atom is 0.441 e. The lowest BCUT2D eigenvalue weighted by Crippen LogP contribution is -2.16. The molecule has 0 amide bonds. The van der Waals surface area contributed by atoms with Crippen molar-refractivity contribution in [2.75, 3.05) is 19.3 Å². The Morgan fingerprint density at radius 1 is 1.38 bits per heavy atom. The van der Waals surface area contributed by atoms with Crippen molar-refractivity contribution in [3.05, 3.63) is 0 Å². The molecule has 0 fully saturated rings. The van der Waals surface area contributed by atoms with E-state index in [2.05, 4.69) is 5.32 Å². The Bertz CT molecular complexity index is 127. The molecule has 0 aromatic heterocycles. The van der Waals surface area contributed by atoms with Gasteiger partial charge in [0.15, 0.2) is 0 Å². The maximum absolute atomic E-state index is 11.7. The van der Waals surface area contributed by atoms with Crippen LogP contribution in [0.2, 0.25) is 0 Å². The molecule has 0 aliphatic heterocycles. The molecule has 1 unspecified atom stereocenters. The fraction of sp³-hybridized carbons (Fsp3) is 1.00. The van der Waals surface area contributed by atoms with Gasteiger partial charge in [0.05, 0.1) is 0 Å². The van der Waals surface area contributed by atoms with Crippen molar-refractivity contribution in [2.45, 2.75) is 25.3 Å². The maximum atomic E-state index is 11.7. The van der Waals surface area contributed by atoms with E-state index in [1.54, 1.807) is 0 Å². The summed E-state index contributed by atoms with van der Waals surface area (Å²) in [4.78, 5) is 0. The van der Waals surface area contributed by atoms with E-state index in [0.29, 0.717) is 12.3 Å². The van der Waals surface area contributed by atoms with Crippen molar-refractivity contribution in [3.63, 3.8) is 0 Å². The van der Waals surface area contributed by atoms with E-state index < -0.39 is 5.51 Å². The van der Waals surface area contributed by atoms with Gasteiger partial charge in [-0.25, -0.2) is 0 Å². The van der Waals surface area contributed by atoms with E-state index >= 15 is 0 Å². The molecule has 1 nitrogen and oxygen atoms in total. The smallest absolute Gasteiger partial charge is 0.319 e. The van der Waals surface area contributed by atoms with Gasteiger partial charge in [-0.3, -0.25) is 0 Å². The summed E-state index contributed by atoms with van der Waals surface area (Å²) in [6.45, 7) is 2.91. The minimum Gasteiger partial charge on any atom is -0.319 e. The van der Waals surface area contributed by atoms with Gasteiger partial charge in [-0.15, -0.1) is 0 Å². The Kier molecular flexibility index (Phi) is 6.59. The molecule has 0 spiro atoms. The molecule has 0 aromatic rings. The molecule has 5 heteroatoms. The molecule has 0 saturated heterocycles. The highest BCUT2D eigenvalue weighted by Crippen LogP contribution is 2.30. The Balaban J connectivity index is 3.25. The highest BCUT2D eigenvalue weighted by molar-refractivity contribution is 8.00. The number of hydrogen-bond donors (Lipinski definition) is 1. The zero-order chi connectivity index (χ0) is 10.3. The summed E-state index contributed by atoms with van der Waals surface area (Å²) < 4.78 is 35.0. The molecular weight excluding hydrogens is 199 g/mol. The molecule has 80 valence electrons. The SMILES string of the molecule is CNCC(C)CCCSC(F)(F)F. The van der Waals surface area contributed by atoms with Crippen molar-refractivity contribution in [3.8, 4) is 0 Å². The van der Waals surface area contributed by atoms with E-state index in [9.17, 15) is 13.2 Å². The first-order valence-electron chi connectivity index (χ1n) is 4.31. The summed E-state index contributed by atoms with van der Waals surface area (Å²) in [5.74, 6) is 0.635. The van der Waals surface area contributed by atoms with Crippen LogP contribution in [0.25, 0.3) is 0 Å². The second-order valence-corrected chi connectivity index (χ2v) is 4.26. The first kappa shape index (κ1) is 13.1. The van der Waals surface area contributed by atoms with Gasteiger partial charge in [-0.1, -0.05) is 18.7 Å². The van der Waals surface area contributed by atoms with Gasteiger partial charge in [0.1, 0.15) is 0 Å². The van der Waals surface area contributed by atoms with E-state index in [1.165, 1.54) is 0 Å². The minimum absolute atomic E-state index is 0.0732. The summed E-state index contributed by atoms with van der Waals surface area (Å²) in [5.41, 5.74) is -4.06. The lowest BCUT2D eigenvalue weighted by molar-refractivity contribution is -0.0328. The van der Waals surface area contributed by atoms with E-state index in [1.807, 2.05) is 14.0 Å². The average molecular weight is 215 g/mol. The summed E-state index contributed by atoms with van der Waals surface area (Å²) >= 11 is 0.0732. The Labute approximate surface area is 81.5 Å². The van der Waals surface area contributed by atoms with Crippen LogP contribution in [0.4, 0.5) is 13.2 Å². The van der Waals surface area contributed by atoms with Crippen LogP contribution in [0, 0.1) is 5.92 Å². The largest absolute Gasteiger partial charge is 0.441 e. The van der Waals surface area contributed by atoms with Gasteiger partial charge in [0, 0.05) is 5.75 Å².